The van der Waals surface area contributed by atoms with Crippen molar-refractivity contribution in [3.63, 3.8) is 0 Å². The molecule has 1 aromatic heterocycles. The van der Waals surface area contributed by atoms with Gasteiger partial charge in [-0.3, -0.25) is 0 Å². The molecule has 1 N–H and O–H groups in total. The standard InChI is InChI=1S/C18H19NS/c1-19-13-17(14-6-3-2-4-7-14)12-16-9-5-8-15-10-11-20-18(15)16/h2-11,17,19H,12-13H2,1H3. The average Bonchev–Trinajstić information content (AvgIpc) is 2.97. The van der Waals surface area contributed by atoms with Gasteiger partial charge < -0.3 is 5.32 Å². The van der Waals surface area contributed by atoms with Gasteiger partial charge in [0.05, 0.1) is 0 Å². The molecule has 0 saturated heterocycles. The van der Waals surface area contributed by atoms with Gasteiger partial charge in [0.25, 0.3) is 0 Å². The zero-order valence-corrected chi connectivity index (χ0v) is 12.5. The fraction of sp³-hybridized carbons (Fsp3) is 0.222. The first-order valence-electron chi connectivity index (χ1n) is 7.03. The molecule has 20 heavy (non-hydrogen) atoms. The van der Waals surface area contributed by atoms with E-state index in [1.54, 1.807) is 0 Å². The molecular weight excluding hydrogens is 262 g/mol. The molecule has 0 bridgehead atoms. The zero-order chi connectivity index (χ0) is 13.8. The normalized spacial score (nSPS) is 12.7. The molecule has 1 nitrogen and oxygen atoms in total. The maximum Gasteiger partial charge on any atom is 0.0374 e. The van der Waals surface area contributed by atoms with E-state index in [0.29, 0.717) is 5.92 Å². The first kappa shape index (κ1) is 13.3. The molecule has 1 atom stereocenters. The summed E-state index contributed by atoms with van der Waals surface area (Å²) in [7, 11) is 2.03. The maximum absolute atomic E-state index is 3.33. The summed E-state index contributed by atoms with van der Waals surface area (Å²) < 4.78 is 1.43. The van der Waals surface area contributed by atoms with Crippen molar-refractivity contribution in [1.29, 1.82) is 0 Å². The summed E-state index contributed by atoms with van der Waals surface area (Å²) in [6.45, 7) is 1.01. The molecule has 0 aliphatic rings. The van der Waals surface area contributed by atoms with Gasteiger partial charge in [0.15, 0.2) is 0 Å². The molecule has 0 aliphatic heterocycles. The minimum Gasteiger partial charge on any atom is -0.319 e. The highest BCUT2D eigenvalue weighted by molar-refractivity contribution is 7.17. The van der Waals surface area contributed by atoms with E-state index in [1.807, 2.05) is 18.4 Å². The highest BCUT2D eigenvalue weighted by Gasteiger charge is 2.13. The van der Waals surface area contributed by atoms with Crippen LogP contribution in [0.5, 0.6) is 0 Å². The van der Waals surface area contributed by atoms with Gasteiger partial charge in [-0.15, -0.1) is 11.3 Å². The van der Waals surface area contributed by atoms with Crippen LogP contribution in [0.4, 0.5) is 0 Å². The van der Waals surface area contributed by atoms with Crippen LogP contribution >= 0.6 is 11.3 Å². The fourth-order valence-electron chi connectivity index (χ4n) is 2.76. The van der Waals surface area contributed by atoms with E-state index in [0.717, 1.165) is 13.0 Å². The van der Waals surface area contributed by atoms with Crippen LogP contribution in [0.3, 0.4) is 0 Å². The molecule has 0 saturated carbocycles. The van der Waals surface area contributed by atoms with Gasteiger partial charge in [0.2, 0.25) is 0 Å². The molecule has 0 amide bonds. The number of nitrogens with one attached hydrogen (secondary N) is 1. The smallest absolute Gasteiger partial charge is 0.0374 e. The second-order valence-corrected chi connectivity index (χ2v) is 6.04. The maximum atomic E-state index is 3.33. The molecule has 3 rings (SSSR count). The summed E-state index contributed by atoms with van der Waals surface area (Å²) >= 11 is 1.85. The van der Waals surface area contributed by atoms with Crippen molar-refractivity contribution in [2.24, 2.45) is 0 Å². The lowest BCUT2D eigenvalue weighted by Crippen LogP contribution is -2.19. The van der Waals surface area contributed by atoms with Crippen molar-refractivity contribution in [3.8, 4) is 0 Å². The number of hydrogen-bond acceptors (Lipinski definition) is 2. The lowest BCUT2D eigenvalue weighted by atomic mass is 9.91. The number of fused-ring (bicyclic) bond motifs is 1. The number of likely N-dealkylation sites (N-methyl/N-ethyl adjacent to an activating group) is 1. The molecule has 1 heterocycles. The molecule has 0 spiro atoms. The van der Waals surface area contributed by atoms with Crippen LogP contribution < -0.4 is 5.32 Å². The van der Waals surface area contributed by atoms with Gasteiger partial charge in [0.1, 0.15) is 0 Å². The summed E-state index contributed by atoms with van der Waals surface area (Å²) in [6.07, 6.45) is 1.09. The van der Waals surface area contributed by atoms with E-state index in [4.69, 9.17) is 0 Å². The molecule has 0 fully saturated rings. The molecule has 102 valence electrons. The Labute approximate surface area is 124 Å². The topological polar surface area (TPSA) is 12.0 Å². The number of thiophene rings is 1. The molecular formula is C18H19NS. The quantitative estimate of drug-likeness (QED) is 0.728. The Morgan fingerprint density at radius 2 is 1.85 bits per heavy atom. The lowest BCUT2D eigenvalue weighted by molar-refractivity contribution is 0.628. The van der Waals surface area contributed by atoms with E-state index < -0.39 is 0 Å². The van der Waals surface area contributed by atoms with Crippen molar-refractivity contribution in [2.75, 3.05) is 13.6 Å². The monoisotopic (exact) mass is 281 g/mol. The highest BCUT2D eigenvalue weighted by Crippen LogP contribution is 2.29. The third-order valence-corrected chi connectivity index (χ3v) is 4.75. The fourth-order valence-corrected chi connectivity index (χ4v) is 3.69. The van der Waals surface area contributed by atoms with Crippen molar-refractivity contribution in [3.05, 3.63) is 71.1 Å². The first-order valence-corrected chi connectivity index (χ1v) is 7.91. The second kappa shape index (κ2) is 6.21. The zero-order valence-electron chi connectivity index (χ0n) is 11.7. The third kappa shape index (κ3) is 2.77. The molecule has 2 aromatic carbocycles. The number of rotatable bonds is 5. The van der Waals surface area contributed by atoms with Crippen LogP contribution in [-0.2, 0) is 6.42 Å². The Kier molecular flexibility index (Phi) is 4.14. The Morgan fingerprint density at radius 3 is 2.65 bits per heavy atom. The van der Waals surface area contributed by atoms with Crippen LogP contribution in [0, 0.1) is 0 Å². The van der Waals surface area contributed by atoms with Crippen LogP contribution in [0.2, 0.25) is 0 Å². The summed E-state index contributed by atoms with van der Waals surface area (Å²) in [5, 5.41) is 6.88. The average molecular weight is 281 g/mol. The summed E-state index contributed by atoms with van der Waals surface area (Å²) in [4.78, 5) is 0. The van der Waals surface area contributed by atoms with E-state index in [9.17, 15) is 0 Å². The summed E-state index contributed by atoms with van der Waals surface area (Å²) in [5.74, 6) is 0.522. The summed E-state index contributed by atoms with van der Waals surface area (Å²) in [5.41, 5.74) is 2.87. The molecule has 1 unspecified atom stereocenters. The Morgan fingerprint density at radius 1 is 1.00 bits per heavy atom. The van der Waals surface area contributed by atoms with Crippen molar-refractivity contribution in [1.82, 2.24) is 5.32 Å². The Balaban J connectivity index is 1.92. The van der Waals surface area contributed by atoms with Gasteiger partial charge in [0, 0.05) is 17.2 Å². The molecule has 0 radical (unpaired) electrons. The largest absolute Gasteiger partial charge is 0.319 e. The van der Waals surface area contributed by atoms with Crippen molar-refractivity contribution in [2.45, 2.75) is 12.3 Å². The lowest BCUT2D eigenvalue weighted by Gasteiger charge is -2.17. The minimum absolute atomic E-state index is 0.522. The van der Waals surface area contributed by atoms with Crippen LogP contribution in [-0.4, -0.2) is 13.6 Å². The second-order valence-electron chi connectivity index (χ2n) is 5.13. The van der Waals surface area contributed by atoms with E-state index in [-0.39, 0.29) is 0 Å². The van der Waals surface area contributed by atoms with Gasteiger partial charge in [-0.2, -0.15) is 0 Å². The predicted octanol–water partition coefficient (Wildman–Crippen LogP) is 4.45. The van der Waals surface area contributed by atoms with Gasteiger partial charge in [-0.1, -0.05) is 48.5 Å². The molecule has 2 heteroatoms. The van der Waals surface area contributed by atoms with Crippen molar-refractivity contribution >= 4 is 21.4 Å². The Bertz CT molecular complexity index is 672. The van der Waals surface area contributed by atoms with Gasteiger partial charge in [-0.25, -0.2) is 0 Å². The van der Waals surface area contributed by atoms with E-state index >= 15 is 0 Å². The number of benzene rings is 2. The van der Waals surface area contributed by atoms with Crippen LogP contribution in [0.1, 0.15) is 17.0 Å². The van der Waals surface area contributed by atoms with Crippen LogP contribution in [0.15, 0.2) is 60.0 Å². The Hall–Kier alpha value is -1.64. The van der Waals surface area contributed by atoms with Gasteiger partial charge >= 0.3 is 0 Å². The number of hydrogen-bond donors (Lipinski definition) is 1. The SMILES string of the molecule is CNCC(Cc1cccc2ccsc12)c1ccccc1. The van der Waals surface area contributed by atoms with Crippen LogP contribution in [0.25, 0.3) is 10.1 Å². The van der Waals surface area contributed by atoms with E-state index in [2.05, 4.69) is 65.3 Å². The van der Waals surface area contributed by atoms with Gasteiger partial charge in [-0.05, 0) is 41.4 Å². The first-order chi connectivity index (χ1) is 9.88. The summed E-state index contributed by atoms with van der Waals surface area (Å²) in [6, 6.07) is 19.7. The van der Waals surface area contributed by atoms with E-state index in [1.165, 1.54) is 21.2 Å². The minimum atomic E-state index is 0.522. The third-order valence-electron chi connectivity index (χ3n) is 3.75. The molecule has 3 aromatic rings. The highest BCUT2D eigenvalue weighted by atomic mass is 32.1. The predicted molar refractivity (Wildman–Crippen MR) is 88.6 cm³/mol. The molecule has 0 aliphatic carbocycles. The van der Waals surface area contributed by atoms with Crippen molar-refractivity contribution < 1.29 is 0 Å².